The molecule has 0 spiro atoms. The Balaban J connectivity index is 2.30. The fourth-order valence-electron chi connectivity index (χ4n) is 2.42. The minimum absolute atomic E-state index is 0.0750. The Bertz CT molecular complexity index is 582. The predicted octanol–water partition coefficient (Wildman–Crippen LogP) is 3.72. The van der Waals surface area contributed by atoms with Crippen molar-refractivity contribution < 1.29 is 13.2 Å². The molecule has 19 heavy (non-hydrogen) atoms. The van der Waals surface area contributed by atoms with E-state index in [1.807, 2.05) is 0 Å². The van der Waals surface area contributed by atoms with Crippen LogP contribution < -0.4 is 4.74 Å². The molecule has 0 heterocycles. The first-order valence-corrected chi connectivity index (χ1v) is 8.58. The summed E-state index contributed by atoms with van der Waals surface area (Å²) in [5.74, 6) is 0.690. The molecule has 1 unspecified atom stereocenters. The highest BCUT2D eigenvalue weighted by atomic mass is 35.7. The summed E-state index contributed by atoms with van der Waals surface area (Å²) < 4.78 is 28.8. The number of hydrogen-bond acceptors (Lipinski definition) is 3. The second-order valence-corrected chi connectivity index (χ2v) is 7.34. The molecule has 0 aliphatic heterocycles. The third-order valence-electron chi connectivity index (χ3n) is 3.18. The Kier molecular flexibility index (Phi) is 4.21. The van der Waals surface area contributed by atoms with Crippen LogP contribution in [0.15, 0.2) is 29.2 Å². The zero-order valence-corrected chi connectivity index (χ0v) is 12.6. The maximum Gasteiger partial charge on any atom is 0.261 e. The van der Waals surface area contributed by atoms with E-state index in [2.05, 4.69) is 12.2 Å². The molecule has 0 saturated heterocycles. The number of allylic oxidation sites excluding steroid dienone is 1. The first kappa shape index (κ1) is 14.4. The van der Waals surface area contributed by atoms with Crippen LogP contribution in [0.25, 0.3) is 0 Å². The van der Waals surface area contributed by atoms with Crippen molar-refractivity contribution in [1.29, 1.82) is 0 Å². The fraction of sp³-hybridized carbons (Fsp3) is 0.429. The molecule has 1 aromatic carbocycles. The second-order valence-electron chi connectivity index (χ2n) is 4.84. The highest BCUT2D eigenvalue weighted by Crippen LogP contribution is 2.29. The van der Waals surface area contributed by atoms with Gasteiger partial charge in [-0.1, -0.05) is 6.08 Å². The van der Waals surface area contributed by atoms with Gasteiger partial charge in [-0.05, 0) is 62.4 Å². The third-order valence-corrected chi connectivity index (χ3v) is 4.77. The summed E-state index contributed by atoms with van der Waals surface area (Å²) in [5, 5.41) is 0. The summed E-state index contributed by atoms with van der Waals surface area (Å²) in [4.78, 5) is 0.181. The lowest BCUT2D eigenvalue weighted by Crippen LogP contribution is -2.16. The van der Waals surface area contributed by atoms with Gasteiger partial charge in [0.15, 0.2) is 0 Å². The first-order valence-electron chi connectivity index (χ1n) is 6.27. The minimum atomic E-state index is -3.71. The van der Waals surface area contributed by atoms with Crippen LogP contribution in [0, 0.1) is 13.8 Å². The molecule has 0 saturated carbocycles. The van der Waals surface area contributed by atoms with Crippen molar-refractivity contribution in [2.24, 2.45) is 0 Å². The van der Waals surface area contributed by atoms with E-state index in [1.165, 1.54) is 0 Å². The Morgan fingerprint density at radius 2 is 1.89 bits per heavy atom. The standard InChI is InChI=1S/C14H17ClO3S/c1-10-8-13(18-12-6-4-3-5-7-12)9-11(2)14(10)19(15,16)17/h4,6,8-9,12H,3,5,7H2,1-2H3. The van der Waals surface area contributed by atoms with Gasteiger partial charge in [-0.15, -0.1) is 0 Å². The van der Waals surface area contributed by atoms with Crippen LogP contribution in [0.1, 0.15) is 30.4 Å². The van der Waals surface area contributed by atoms with Crippen LogP contribution in [0.2, 0.25) is 0 Å². The largest absolute Gasteiger partial charge is 0.486 e. The molecular formula is C14H17ClO3S. The number of ether oxygens (including phenoxy) is 1. The molecular weight excluding hydrogens is 284 g/mol. The van der Waals surface area contributed by atoms with Crippen molar-refractivity contribution in [1.82, 2.24) is 0 Å². The Hall–Kier alpha value is -1.00. The van der Waals surface area contributed by atoms with Gasteiger partial charge in [-0.2, -0.15) is 0 Å². The van der Waals surface area contributed by atoms with Crippen LogP contribution in [-0.2, 0) is 9.05 Å². The molecule has 0 amide bonds. The first-order chi connectivity index (χ1) is 8.88. The quantitative estimate of drug-likeness (QED) is 0.631. The Morgan fingerprint density at radius 1 is 1.26 bits per heavy atom. The molecule has 1 atom stereocenters. The van der Waals surface area contributed by atoms with E-state index in [0.717, 1.165) is 19.3 Å². The van der Waals surface area contributed by atoms with Gasteiger partial charge in [-0.3, -0.25) is 0 Å². The van der Waals surface area contributed by atoms with Crippen LogP contribution in [0.4, 0.5) is 0 Å². The van der Waals surface area contributed by atoms with E-state index in [-0.39, 0.29) is 11.0 Å². The van der Waals surface area contributed by atoms with Crippen LogP contribution in [0.5, 0.6) is 5.75 Å². The molecule has 1 aliphatic carbocycles. The normalized spacial score (nSPS) is 19.4. The highest BCUT2D eigenvalue weighted by molar-refractivity contribution is 8.13. The minimum Gasteiger partial charge on any atom is -0.486 e. The lowest BCUT2D eigenvalue weighted by atomic mass is 10.1. The van der Waals surface area contributed by atoms with Gasteiger partial charge >= 0.3 is 0 Å². The fourth-order valence-corrected chi connectivity index (χ4v) is 4.03. The van der Waals surface area contributed by atoms with Gasteiger partial charge < -0.3 is 4.74 Å². The van der Waals surface area contributed by atoms with E-state index in [9.17, 15) is 8.42 Å². The monoisotopic (exact) mass is 300 g/mol. The summed E-state index contributed by atoms with van der Waals surface area (Å²) in [5.41, 5.74) is 1.23. The van der Waals surface area contributed by atoms with Crippen molar-refractivity contribution >= 4 is 19.7 Å². The molecule has 2 rings (SSSR count). The summed E-state index contributed by atoms with van der Waals surface area (Å²) in [6, 6.07) is 3.45. The summed E-state index contributed by atoms with van der Waals surface area (Å²) in [6.45, 7) is 3.46. The van der Waals surface area contributed by atoms with Crippen molar-refractivity contribution in [2.45, 2.75) is 44.1 Å². The van der Waals surface area contributed by atoms with Crippen LogP contribution in [-0.4, -0.2) is 14.5 Å². The average molecular weight is 301 g/mol. The van der Waals surface area contributed by atoms with Gasteiger partial charge in [0.1, 0.15) is 11.9 Å². The molecule has 0 N–H and O–H groups in total. The number of rotatable bonds is 3. The zero-order chi connectivity index (χ0) is 14.0. The predicted molar refractivity (Wildman–Crippen MR) is 76.4 cm³/mol. The topological polar surface area (TPSA) is 43.4 Å². The molecule has 5 heteroatoms. The molecule has 0 radical (unpaired) electrons. The maximum absolute atomic E-state index is 11.5. The van der Waals surface area contributed by atoms with Gasteiger partial charge in [0.2, 0.25) is 0 Å². The molecule has 1 aromatic rings. The SMILES string of the molecule is Cc1cc(OC2C=CCCC2)cc(C)c1S(=O)(=O)Cl. The third kappa shape index (κ3) is 3.51. The van der Waals surface area contributed by atoms with E-state index in [4.69, 9.17) is 15.4 Å². The van der Waals surface area contributed by atoms with Crippen molar-refractivity contribution in [2.75, 3.05) is 0 Å². The summed E-state index contributed by atoms with van der Waals surface area (Å²) in [7, 11) is 1.72. The molecule has 0 aromatic heterocycles. The van der Waals surface area contributed by atoms with E-state index in [1.54, 1.807) is 26.0 Å². The summed E-state index contributed by atoms with van der Waals surface area (Å²) >= 11 is 0. The van der Waals surface area contributed by atoms with Crippen LogP contribution in [0.3, 0.4) is 0 Å². The van der Waals surface area contributed by atoms with Gasteiger partial charge in [-0.25, -0.2) is 8.42 Å². The van der Waals surface area contributed by atoms with Crippen molar-refractivity contribution in [3.8, 4) is 5.75 Å². The zero-order valence-electron chi connectivity index (χ0n) is 11.0. The second kappa shape index (κ2) is 5.55. The maximum atomic E-state index is 11.5. The number of benzene rings is 1. The highest BCUT2D eigenvalue weighted by Gasteiger charge is 2.19. The van der Waals surface area contributed by atoms with Crippen molar-refractivity contribution in [3.63, 3.8) is 0 Å². The molecule has 0 bridgehead atoms. The van der Waals surface area contributed by atoms with Gasteiger partial charge in [0.25, 0.3) is 9.05 Å². The van der Waals surface area contributed by atoms with Gasteiger partial charge in [0.05, 0.1) is 4.90 Å². The van der Waals surface area contributed by atoms with E-state index >= 15 is 0 Å². The van der Waals surface area contributed by atoms with Crippen molar-refractivity contribution in [3.05, 3.63) is 35.4 Å². The molecule has 3 nitrogen and oxygen atoms in total. The molecule has 1 aliphatic rings. The van der Waals surface area contributed by atoms with E-state index < -0.39 is 9.05 Å². The molecule has 0 fully saturated rings. The number of aryl methyl sites for hydroxylation is 2. The van der Waals surface area contributed by atoms with Crippen LogP contribution >= 0.6 is 10.7 Å². The Morgan fingerprint density at radius 3 is 2.37 bits per heavy atom. The lowest BCUT2D eigenvalue weighted by Gasteiger charge is -2.19. The smallest absolute Gasteiger partial charge is 0.261 e. The number of halogens is 1. The molecule has 104 valence electrons. The Labute approximate surface area is 118 Å². The van der Waals surface area contributed by atoms with E-state index in [0.29, 0.717) is 16.9 Å². The summed E-state index contributed by atoms with van der Waals surface area (Å²) in [6.07, 6.45) is 7.45. The average Bonchev–Trinajstić information content (AvgIpc) is 2.27. The number of hydrogen-bond donors (Lipinski definition) is 0. The lowest BCUT2D eigenvalue weighted by molar-refractivity contribution is 0.229. The van der Waals surface area contributed by atoms with Gasteiger partial charge in [0, 0.05) is 10.7 Å².